The number of aromatic nitrogens is 3. The second kappa shape index (κ2) is 9.14. The SMILES string of the molecule is CCOC(=O)c1cc(C)nc(SCC(=O)Nc2c[n+](C(C)C)no2)c1C#N. The maximum atomic E-state index is 12.1. The Bertz CT molecular complexity index is 888. The number of carbonyl (C=O) groups excluding carboxylic acids is 2. The van der Waals surface area contributed by atoms with E-state index in [0.717, 1.165) is 11.8 Å². The third kappa shape index (κ3) is 5.27. The third-order valence-corrected chi connectivity index (χ3v) is 4.31. The van der Waals surface area contributed by atoms with E-state index in [4.69, 9.17) is 9.26 Å². The van der Waals surface area contributed by atoms with Crippen LogP contribution in [-0.4, -0.2) is 34.5 Å². The molecule has 142 valence electrons. The van der Waals surface area contributed by atoms with Crippen LogP contribution < -0.4 is 10.00 Å². The molecule has 2 aromatic heterocycles. The van der Waals surface area contributed by atoms with E-state index in [9.17, 15) is 14.9 Å². The minimum absolute atomic E-state index is 0.0181. The molecule has 0 spiro atoms. The number of anilines is 1. The summed E-state index contributed by atoms with van der Waals surface area (Å²) in [6, 6.07) is 3.57. The maximum absolute atomic E-state index is 12.1. The van der Waals surface area contributed by atoms with Gasteiger partial charge in [0.15, 0.2) is 6.04 Å². The molecule has 0 aromatic carbocycles. The molecule has 10 heteroatoms. The van der Waals surface area contributed by atoms with Crippen LogP contribution in [0.1, 0.15) is 48.4 Å². The van der Waals surface area contributed by atoms with Gasteiger partial charge >= 0.3 is 11.9 Å². The molecular weight excluding hydrogens is 370 g/mol. The average molecular weight is 390 g/mol. The van der Waals surface area contributed by atoms with Gasteiger partial charge in [0.05, 0.1) is 23.5 Å². The molecule has 0 aliphatic carbocycles. The molecule has 0 fully saturated rings. The van der Waals surface area contributed by atoms with Gasteiger partial charge in [-0.05, 0) is 38.4 Å². The number of hydrogen-bond acceptors (Lipinski definition) is 8. The summed E-state index contributed by atoms with van der Waals surface area (Å²) in [5, 5.41) is 16.1. The van der Waals surface area contributed by atoms with Crippen LogP contribution in [0.3, 0.4) is 0 Å². The van der Waals surface area contributed by atoms with Crippen molar-refractivity contribution in [2.24, 2.45) is 0 Å². The van der Waals surface area contributed by atoms with Gasteiger partial charge in [0.2, 0.25) is 11.2 Å². The van der Waals surface area contributed by atoms with Crippen LogP contribution in [0.25, 0.3) is 0 Å². The summed E-state index contributed by atoms with van der Waals surface area (Å²) >= 11 is 1.05. The lowest BCUT2D eigenvalue weighted by Gasteiger charge is -2.09. The Morgan fingerprint density at radius 3 is 2.81 bits per heavy atom. The van der Waals surface area contributed by atoms with Gasteiger partial charge < -0.3 is 4.74 Å². The van der Waals surface area contributed by atoms with Gasteiger partial charge in [0.25, 0.3) is 6.20 Å². The molecule has 2 heterocycles. The second-order valence-electron chi connectivity index (χ2n) is 5.80. The quantitative estimate of drug-likeness (QED) is 0.433. The standard InChI is InChI=1S/C17H19N5O4S/c1-5-25-17(24)12-6-11(4)19-16(13(12)7-18)27-9-14(23)20-15-8-22(10(2)3)21-26-15/h6,8,10H,5,9H2,1-4H3/p+1. The Kier molecular flexibility index (Phi) is 6.90. The van der Waals surface area contributed by atoms with E-state index in [-0.39, 0.29) is 41.3 Å². The van der Waals surface area contributed by atoms with Crippen molar-refractivity contribution in [1.82, 2.24) is 10.3 Å². The summed E-state index contributed by atoms with van der Waals surface area (Å²) in [6.45, 7) is 7.44. The zero-order valence-corrected chi connectivity index (χ0v) is 16.3. The predicted molar refractivity (Wildman–Crippen MR) is 96.1 cm³/mol. The Morgan fingerprint density at radius 1 is 1.48 bits per heavy atom. The smallest absolute Gasteiger partial charge is 0.339 e. The minimum Gasteiger partial charge on any atom is -0.462 e. The average Bonchev–Trinajstić information content (AvgIpc) is 3.08. The molecule has 0 saturated carbocycles. The molecule has 0 aliphatic heterocycles. The topological polar surface area (TPSA) is 122 Å². The number of pyridine rings is 1. The van der Waals surface area contributed by atoms with Crippen molar-refractivity contribution in [2.75, 3.05) is 17.7 Å². The molecule has 0 atom stereocenters. The number of amides is 1. The first kappa shape index (κ1) is 20.4. The Labute approximate surface area is 160 Å². The van der Waals surface area contributed by atoms with Crippen LogP contribution in [-0.2, 0) is 9.53 Å². The van der Waals surface area contributed by atoms with Crippen molar-refractivity contribution in [2.45, 2.75) is 38.8 Å². The number of thioether (sulfide) groups is 1. The molecule has 0 bridgehead atoms. The van der Waals surface area contributed by atoms with Crippen LogP contribution in [0.4, 0.5) is 5.88 Å². The molecule has 0 aliphatic rings. The number of nitrogens with zero attached hydrogens (tertiary/aromatic N) is 4. The highest BCUT2D eigenvalue weighted by atomic mass is 32.2. The summed E-state index contributed by atoms with van der Waals surface area (Å²) in [5.74, 6) is -0.739. The van der Waals surface area contributed by atoms with E-state index in [2.05, 4.69) is 15.6 Å². The van der Waals surface area contributed by atoms with Crippen molar-refractivity contribution < 1.29 is 23.5 Å². The second-order valence-corrected chi connectivity index (χ2v) is 6.76. The molecule has 0 saturated heterocycles. The normalized spacial score (nSPS) is 10.5. The van der Waals surface area contributed by atoms with Gasteiger partial charge in [0, 0.05) is 5.69 Å². The summed E-state index contributed by atoms with van der Waals surface area (Å²) in [5.41, 5.74) is 0.783. The number of hydrogen-bond donors (Lipinski definition) is 1. The fourth-order valence-electron chi connectivity index (χ4n) is 2.09. The first-order valence-corrected chi connectivity index (χ1v) is 9.23. The van der Waals surface area contributed by atoms with E-state index < -0.39 is 5.97 Å². The number of aryl methyl sites for hydroxylation is 1. The molecule has 2 aromatic rings. The summed E-state index contributed by atoms with van der Waals surface area (Å²) in [7, 11) is 0. The molecule has 0 unspecified atom stereocenters. The van der Waals surface area contributed by atoms with Gasteiger partial charge in [-0.1, -0.05) is 11.8 Å². The van der Waals surface area contributed by atoms with Crippen LogP contribution in [0.5, 0.6) is 0 Å². The fraction of sp³-hybridized carbons (Fsp3) is 0.412. The van der Waals surface area contributed by atoms with Crippen LogP contribution in [0, 0.1) is 18.3 Å². The van der Waals surface area contributed by atoms with Gasteiger partial charge in [0.1, 0.15) is 11.1 Å². The van der Waals surface area contributed by atoms with Crippen molar-refractivity contribution in [1.29, 1.82) is 5.26 Å². The van der Waals surface area contributed by atoms with E-state index in [1.807, 2.05) is 19.9 Å². The zero-order valence-electron chi connectivity index (χ0n) is 15.5. The zero-order chi connectivity index (χ0) is 20.0. The number of esters is 1. The number of ether oxygens (including phenoxy) is 1. The highest BCUT2D eigenvalue weighted by Crippen LogP contribution is 2.25. The summed E-state index contributed by atoms with van der Waals surface area (Å²) < 4.78 is 11.6. The first-order valence-electron chi connectivity index (χ1n) is 8.25. The molecule has 1 N–H and O–H groups in total. The number of nitriles is 1. The van der Waals surface area contributed by atoms with Crippen molar-refractivity contribution in [3.8, 4) is 6.07 Å². The number of carbonyl (C=O) groups is 2. The van der Waals surface area contributed by atoms with E-state index in [1.165, 1.54) is 6.07 Å². The first-order chi connectivity index (χ1) is 12.8. The highest BCUT2D eigenvalue weighted by molar-refractivity contribution is 8.00. The lowest BCUT2D eigenvalue weighted by molar-refractivity contribution is -0.779. The number of rotatable bonds is 7. The summed E-state index contributed by atoms with van der Waals surface area (Å²) in [4.78, 5) is 28.5. The van der Waals surface area contributed by atoms with Crippen LogP contribution >= 0.6 is 11.8 Å². The van der Waals surface area contributed by atoms with Crippen molar-refractivity contribution in [3.05, 3.63) is 29.1 Å². The van der Waals surface area contributed by atoms with Gasteiger partial charge in [-0.2, -0.15) is 5.26 Å². The van der Waals surface area contributed by atoms with Gasteiger partial charge in [-0.25, -0.2) is 9.78 Å². The Morgan fingerprint density at radius 2 is 2.22 bits per heavy atom. The number of nitrogens with one attached hydrogen (secondary N) is 1. The molecule has 9 nitrogen and oxygen atoms in total. The molecule has 27 heavy (non-hydrogen) atoms. The van der Waals surface area contributed by atoms with Gasteiger partial charge in [-0.3, -0.25) is 14.6 Å². The lowest BCUT2D eigenvalue weighted by Crippen LogP contribution is -2.36. The summed E-state index contributed by atoms with van der Waals surface area (Å²) in [6.07, 6.45) is 1.58. The Hall–Kier alpha value is -2.93. The monoisotopic (exact) mass is 390 g/mol. The third-order valence-electron chi connectivity index (χ3n) is 3.34. The van der Waals surface area contributed by atoms with E-state index in [0.29, 0.717) is 10.7 Å². The van der Waals surface area contributed by atoms with Crippen LogP contribution in [0.15, 0.2) is 21.8 Å². The van der Waals surface area contributed by atoms with Crippen molar-refractivity contribution >= 4 is 29.5 Å². The van der Waals surface area contributed by atoms with Crippen LogP contribution in [0.2, 0.25) is 0 Å². The van der Waals surface area contributed by atoms with Gasteiger partial charge in [-0.15, -0.1) is 0 Å². The molecule has 1 amide bonds. The highest BCUT2D eigenvalue weighted by Gasteiger charge is 2.21. The maximum Gasteiger partial charge on any atom is 0.339 e. The molecule has 0 radical (unpaired) electrons. The molecular formula is C17H20N5O4S+. The largest absolute Gasteiger partial charge is 0.462 e. The Balaban J connectivity index is 2.11. The van der Waals surface area contributed by atoms with E-state index >= 15 is 0 Å². The molecule has 2 rings (SSSR count). The van der Waals surface area contributed by atoms with Crippen molar-refractivity contribution in [3.63, 3.8) is 0 Å². The lowest BCUT2D eigenvalue weighted by atomic mass is 10.1. The minimum atomic E-state index is -0.592. The van der Waals surface area contributed by atoms with E-state index in [1.54, 1.807) is 24.7 Å². The predicted octanol–water partition coefficient (Wildman–Crippen LogP) is 2.03. The fourth-order valence-corrected chi connectivity index (χ4v) is 2.94.